The van der Waals surface area contributed by atoms with Gasteiger partial charge in [-0.25, -0.2) is 9.59 Å². The van der Waals surface area contributed by atoms with Crippen LogP contribution in [0.15, 0.2) is 0 Å². The van der Waals surface area contributed by atoms with Gasteiger partial charge in [-0.15, -0.1) is 0 Å². The first-order chi connectivity index (χ1) is 8.53. The van der Waals surface area contributed by atoms with Gasteiger partial charge in [0.2, 0.25) is 0 Å². The Morgan fingerprint density at radius 3 is 2.56 bits per heavy atom. The van der Waals surface area contributed by atoms with Gasteiger partial charge in [0.15, 0.2) is 0 Å². The van der Waals surface area contributed by atoms with E-state index < -0.39 is 18.0 Å². The highest BCUT2D eigenvalue weighted by molar-refractivity contribution is 5.82. The van der Waals surface area contributed by atoms with Crippen LogP contribution in [0.25, 0.3) is 0 Å². The first-order valence-corrected chi connectivity index (χ1v) is 6.29. The molecule has 1 atom stereocenters. The van der Waals surface area contributed by atoms with Crippen LogP contribution in [0.2, 0.25) is 0 Å². The molecule has 0 spiro atoms. The highest BCUT2D eigenvalue weighted by atomic mass is 16.5. The SMILES string of the molecule is CC[C@@H](NC(=O)NCC1(CCOC)CC1)C(=O)O. The molecular formula is C12H22N2O4. The Bertz CT molecular complexity index is 302. The number of ether oxygens (including phenoxy) is 1. The lowest BCUT2D eigenvalue weighted by molar-refractivity contribution is -0.139. The highest BCUT2D eigenvalue weighted by Gasteiger charge is 2.42. The van der Waals surface area contributed by atoms with Gasteiger partial charge in [-0.3, -0.25) is 0 Å². The fourth-order valence-corrected chi connectivity index (χ4v) is 1.83. The van der Waals surface area contributed by atoms with E-state index in [1.54, 1.807) is 14.0 Å². The number of carbonyl (C=O) groups excluding carboxylic acids is 1. The van der Waals surface area contributed by atoms with E-state index in [2.05, 4.69) is 10.6 Å². The third-order valence-electron chi connectivity index (χ3n) is 3.43. The summed E-state index contributed by atoms with van der Waals surface area (Å²) in [5.41, 5.74) is 0.165. The quantitative estimate of drug-likeness (QED) is 0.605. The van der Waals surface area contributed by atoms with E-state index in [4.69, 9.17) is 9.84 Å². The number of carbonyl (C=O) groups is 2. The predicted molar refractivity (Wildman–Crippen MR) is 66.4 cm³/mol. The Morgan fingerprint density at radius 1 is 1.44 bits per heavy atom. The number of rotatable bonds is 8. The van der Waals surface area contributed by atoms with E-state index in [9.17, 15) is 9.59 Å². The van der Waals surface area contributed by atoms with Crippen molar-refractivity contribution >= 4 is 12.0 Å². The second-order valence-electron chi connectivity index (χ2n) is 4.87. The van der Waals surface area contributed by atoms with Crippen LogP contribution in [0.3, 0.4) is 0 Å². The van der Waals surface area contributed by atoms with Gasteiger partial charge < -0.3 is 20.5 Å². The Labute approximate surface area is 107 Å². The molecule has 0 unspecified atom stereocenters. The molecule has 0 heterocycles. The summed E-state index contributed by atoms with van der Waals surface area (Å²) in [6.45, 7) is 2.99. The fourth-order valence-electron chi connectivity index (χ4n) is 1.83. The van der Waals surface area contributed by atoms with Crippen molar-refractivity contribution < 1.29 is 19.4 Å². The molecule has 0 aromatic heterocycles. The maximum Gasteiger partial charge on any atom is 0.326 e. The number of aliphatic carboxylic acids is 1. The van der Waals surface area contributed by atoms with Crippen LogP contribution in [-0.4, -0.2) is 43.4 Å². The normalized spacial score (nSPS) is 17.9. The van der Waals surface area contributed by atoms with E-state index in [0.29, 0.717) is 19.6 Å². The van der Waals surface area contributed by atoms with Crippen LogP contribution in [0, 0.1) is 5.41 Å². The first-order valence-electron chi connectivity index (χ1n) is 6.29. The molecule has 6 heteroatoms. The van der Waals surface area contributed by atoms with Crippen molar-refractivity contribution in [2.75, 3.05) is 20.3 Å². The van der Waals surface area contributed by atoms with E-state index in [0.717, 1.165) is 19.3 Å². The number of hydrogen-bond acceptors (Lipinski definition) is 3. The molecule has 1 saturated carbocycles. The van der Waals surface area contributed by atoms with Gasteiger partial charge in [0.25, 0.3) is 0 Å². The highest BCUT2D eigenvalue weighted by Crippen LogP contribution is 2.48. The Kier molecular flexibility index (Phi) is 5.40. The van der Waals surface area contributed by atoms with Gasteiger partial charge in [-0.2, -0.15) is 0 Å². The molecule has 0 saturated heterocycles. The molecule has 6 nitrogen and oxygen atoms in total. The molecular weight excluding hydrogens is 236 g/mol. The van der Waals surface area contributed by atoms with Gasteiger partial charge in [-0.1, -0.05) is 6.92 Å². The molecule has 0 aliphatic heterocycles. The van der Waals surface area contributed by atoms with Crippen LogP contribution in [-0.2, 0) is 9.53 Å². The summed E-state index contributed by atoms with van der Waals surface area (Å²) in [7, 11) is 1.66. The molecule has 1 aliphatic rings. The number of carboxylic acids is 1. The van der Waals surface area contributed by atoms with Crippen LogP contribution < -0.4 is 10.6 Å². The Hall–Kier alpha value is -1.30. The summed E-state index contributed by atoms with van der Waals surface area (Å²) in [6.07, 6.45) is 3.48. The molecule has 1 aliphatic carbocycles. The summed E-state index contributed by atoms with van der Waals surface area (Å²) >= 11 is 0. The number of amides is 2. The average molecular weight is 258 g/mol. The molecule has 1 rings (SSSR count). The molecule has 18 heavy (non-hydrogen) atoms. The van der Waals surface area contributed by atoms with Crippen molar-refractivity contribution in [3.8, 4) is 0 Å². The zero-order valence-electron chi connectivity index (χ0n) is 11.0. The second-order valence-corrected chi connectivity index (χ2v) is 4.87. The third-order valence-corrected chi connectivity index (χ3v) is 3.43. The van der Waals surface area contributed by atoms with Gasteiger partial charge >= 0.3 is 12.0 Å². The van der Waals surface area contributed by atoms with Crippen molar-refractivity contribution in [1.82, 2.24) is 10.6 Å². The van der Waals surface area contributed by atoms with Gasteiger partial charge in [0, 0.05) is 20.3 Å². The maximum absolute atomic E-state index is 11.5. The van der Waals surface area contributed by atoms with E-state index >= 15 is 0 Å². The lowest BCUT2D eigenvalue weighted by Gasteiger charge is -2.17. The zero-order valence-corrected chi connectivity index (χ0v) is 11.0. The number of carboxylic acid groups (broad SMARTS) is 1. The minimum Gasteiger partial charge on any atom is -0.480 e. The van der Waals surface area contributed by atoms with Gasteiger partial charge in [0.1, 0.15) is 6.04 Å². The molecule has 104 valence electrons. The molecule has 0 aromatic rings. The average Bonchev–Trinajstić information content (AvgIpc) is 3.11. The summed E-state index contributed by atoms with van der Waals surface area (Å²) < 4.78 is 5.03. The van der Waals surface area contributed by atoms with Crippen molar-refractivity contribution in [3.05, 3.63) is 0 Å². The maximum atomic E-state index is 11.5. The molecule has 3 N–H and O–H groups in total. The number of urea groups is 1. The molecule has 0 bridgehead atoms. The van der Waals surface area contributed by atoms with Crippen molar-refractivity contribution in [2.24, 2.45) is 5.41 Å². The lowest BCUT2D eigenvalue weighted by atomic mass is 10.0. The monoisotopic (exact) mass is 258 g/mol. The van der Waals surface area contributed by atoms with Crippen molar-refractivity contribution in [2.45, 2.75) is 38.6 Å². The Balaban J connectivity index is 2.26. The van der Waals surface area contributed by atoms with Crippen molar-refractivity contribution in [1.29, 1.82) is 0 Å². The van der Waals surface area contributed by atoms with Gasteiger partial charge in [-0.05, 0) is 31.1 Å². The lowest BCUT2D eigenvalue weighted by Crippen LogP contribution is -2.47. The summed E-state index contributed by atoms with van der Waals surface area (Å²) in [6, 6.07) is -1.23. The molecule has 0 aromatic carbocycles. The largest absolute Gasteiger partial charge is 0.480 e. The second kappa shape index (κ2) is 6.58. The van der Waals surface area contributed by atoms with Gasteiger partial charge in [0.05, 0.1) is 0 Å². The summed E-state index contributed by atoms with van der Waals surface area (Å²) in [5, 5.41) is 14.0. The van der Waals surface area contributed by atoms with Crippen molar-refractivity contribution in [3.63, 3.8) is 0 Å². The fraction of sp³-hybridized carbons (Fsp3) is 0.833. The molecule has 2 amide bonds. The number of methoxy groups -OCH3 is 1. The minimum absolute atomic E-state index is 0.165. The topological polar surface area (TPSA) is 87.7 Å². The summed E-state index contributed by atoms with van der Waals surface area (Å²) in [5.74, 6) is -1.01. The van der Waals surface area contributed by atoms with Crippen LogP contribution in [0.5, 0.6) is 0 Å². The van der Waals surface area contributed by atoms with E-state index in [-0.39, 0.29) is 5.41 Å². The molecule has 1 fully saturated rings. The summed E-state index contributed by atoms with van der Waals surface area (Å²) in [4.78, 5) is 22.3. The number of nitrogens with one attached hydrogen (secondary N) is 2. The van der Waals surface area contributed by atoms with Crippen LogP contribution in [0.4, 0.5) is 4.79 Å². The third kappa shape index (κ3) is 4.52. The Morgan fingerprint density at radius 2 is 2.11 bits per heavy atom. The smallest absolute Gasteiger partial charge is 0.326 e. The van der Waals surface area contributed by atoms with E-state index in [1.807, 2.05) is 0 Å². The van der Waals surface area contributed by atoms with E-state index in [1.165, 1.54) is 0 Å². The standard InChI is InChI=1S/C12H22N2O4/c1-3-9(10(15)16)14-11(17)13-8-12(4-5-12)6-7-18-2/h9H,3-8H2,1-2H3,(H,15,16)(H2,13,14,17)/t9-/m1/s1. The predicted octanol–water partition coefficient (Wildman–Crippen LogP) is 0.965. The van der Waals surface area contributed by atoms with Crippen LogP contribution in [0.1, 0.15) is 32.6 Å². The van der Waals surface area contributed by atoms with Crippen LogP contribution >= 0.6 is 0 Å². The number of hydrogen-bond donors (Lipinski definition) is 3. The zero-order chi connectivity index (χ0) is 13.6. The first kappa shape index (κ1) is 14.8. The molecule has 0 radical (unpaired) electrons. The minimum atomic E-state index is -1.01.